The van der Waals surface area contributed by atoms with E-state index in [1.54, 1.807) is 18.3 Å². The molecule has 0 aromatic carbocycles. The molecule has 2 N–H and O–H groups in total. The third kappa shape index (κ3) is 2.88. The molecule has 0 atom stereocenters. The van der Waals surface area contributed by atoms with Crippen LogP contribution in [-0.2, 0) is 14.8 Å². The van der Waals surface area contributed by atoms with E-state index in [1.165, 1.54) is 17.1 Å². The molecule has 0 unspecified atom stereocenters. The SMILES string of the molecule is O=S(=O)(c1ccc(NC2CC2)[nH+]c1)N1CCOCC1. The van der Waals surface area contributed by atoms with Crippen LogP contribution in [0.4, 0.5) is 5.82 Å². The molecule has 2 fully saturated rings. The molecule has 0 amide bonds. The molecule has 1 aromatic rings. The molecule has 2 aliphatic rings. The van der Waals surface area contributed by atoms with Crippen LogP contribution in [0.2, 0.25) is 0 Å². The summed E-state index contributed by atoms with van der Waals surface area (Å²) < 4.78 is 31.4. The van der Waals surface area contributed by atoms with E-state index < -0.39 is 10.0 Å². The van der Waals surface area contributed by atoms with Crippen LogP contribution in [0.15, 0.2) is 23.2 Å². The highest BCUT2D eigenvalue weighted by Gasteiger charge is 2.29. The zero-order chi connectivity index (χ0) is 13.3. The van der Waals surface area contributed by atoms with Crippen LogP contribution >= 0.6 is 0 Å². The lowest BCUT2D eigenvalue weighted by Gasteiger charge is -2.25. The second kappa shape index (κ2) is 5.07. The van der Waals surface area contributed by atoms with E-state index >= 15 is 0 Å². The van der Waals surface area contributed by atoms with Crippen molar-refractivity contribution in [2.24, 2.45) is 0 Å². The van der Waals surface area contributed by atoms with Crippen molar-refractivity contribution in [1.82, 2.24) is 4.31 Å². The van der Waals surface area contributed by atoms with Gasteiger partial charge in [-0.1, -0.05) is 0 Å². The van der Waals surface area contributed by atoms with Crippen molar-refractivity contribution >= 4 is 15.8 Å². The molecular formula is C12H18N3O3S+. The number of sulfonamides is 1. The van der Waals surface area contributed by atoms with Gasteiger partial charge in [0.15, 0.2) is 0 Å². The Kier molecular flexibility index (Phi) is 3.42. The fourth-order valence-corrected chi connectivity index (χ4v) is 3.42. The zero-order valence-electron chi connectivity index (χ0n) is 10.6. The number of anilines is 1. The number of nitrogens with one attached hydrogen (secondary N) is 2. The van der Waals surface area contributed by atoms with E-state index in [0.717, 1.165) is 5.82 Å². The van der Waals surface area contributed by atoms with Crippen LogP contribution < -0.4 is 10.3 Å². The molecule has 7 heteroatoms. The Balaban J connectivity index is 1.75. The Hall–Kier alpha value is -1.18. The van der Waals surface area contributed by atoms with E-state index in [1.807, 2.05) is 0 Å². The lowest BCUT2D eigenvalue weighted by atomic mass is 10.4. The highest BCUT2D eigenvalue weighted by Crippen LogP contribution is 2.23. The summed E-state index contributed by atoms with van der Waals surface area (Å²) in [5, 5.41) is 3.29. The third-order valence-corrected chi connectivity index (χ3v) is 5.22. The number of aromatic nitrogens is 1. The summed E-state index contributed by atoms with van der Waals surface area (Å²) in [6.07, 6.45) is 3.92. The minimum atomic E-state index is -3.40. The topological polar surface area (TPSA) is 72.8 Å². The molecule has 1 aliphatic carbocycles. The highest BCUT2D eigenvalue weighted by molar-refractivity contribution is 7.89. The van der Waals surface area contributed by atoms with Gasteiger partial charge in [0.1, 0.15) is 11.1 Å². The smallest absolute Gasteiger partial charge is 0.272 e. The molecule has 6 nitrogen and oxygen atoms in total. The predicted octanol–water partition coefficient (Wildman–Crippen LogP) is 0.0959. The number of ether oxygens (including phenoxy) is 1. The summed E-state index contributed by atoms with van der Waals surface area (Å²) in [4.78, 5) is 3.31. The van der Waals surface area contributed by atoms with E-state index in [-0.39, 0.29) is 0 Å². The quantitative estimate of drug-likeness (QED) is 0.851. The number of H-pyrrole nitrogens is 1. The van der Waals surface area contributed by atoms with Gasteiger partial charge in [0.05, 0.1) is 19.3 Å². The Bertz CT molecular complexity index is 534. The van der Waals surface area contributed by atoms with Crippen LogP contribution in [0.3, 0.4) is 0 Å². The van der Waals surface area contributed by atoms with Crippen molar-refractivity contribution < 1.29 is 18.1 Å². The molecule has 0 bridgehead atoms. The predicted molar refractivity (Wildman–Crippen MR) is 69.2 cm³/mol. The van der Waals surface area contributed by atoms with Crippen LogP contribution in [0.5, 0.6) is 0 Å². The second-order valence-corrected chi connectivity index (χ2v) is 6.81. The Morgan fingerprint density at radius 3 is 2.58 bits per heavy atom. The molecule has 0 spiro atoms. The van der Waals surface area contributed by atoms with Crippen LogP contribution in [0, 0.1) is 0 Å². The summed E-state index contributed by atoms with van der Waals surface area (Å²) >= 11 is 0. The van der Waals surface area contributed by atoms with Gasteiger partial charge in [-0.05, 0) is 18.9 Å². The summed E-state index contributed by atoms with van der Waals surface area (Å²) in [6, 6.07) is 3.97. The number of morpholine rings is 1. The van der Waals surface area contributed by atoms with Crippen LogP contribution in [0.1, 0.15) is 12.8 Å². The Labute approximate surface area is 112 Å². The summed E-state index contributed by atoms with van der Waals surface area (Å²) in [7, 11) is -3.40. The normalized spacial score (nSPS) is 21.3. The van der Waals surface area contributed by atoms with Gasteiger partial charge in [-0.15, -0.1) is 0 Å². The molecule has 19 heavy (non-hydrogen) atoms. The van der Waals surface area contributed by atoms with Crippen molar-refractivity contribution in [3.05, 3.63) is 18.3 Å². The first kappa shape index (κ1) is 12.8. The lowest BCUT2D eigenvalue weighted by Crippen LogP contribution is -2.40. The summed E-state index contributed by atoms with van der Waals surface area (Å²) in [5.41, 5.74) is 0. The molecule has 1 saturated carbocycles. The Morgan fingerprint density at radius 2 is 2.00 bits per heavy atom. The fraction of sp³-hybridized carbons (Fsp3) is 0.583. The fourth-order valence-electron chi connectivity index (χ4n) is 2.04. The van der Waals surface area contributed by atoms with Gasteiger partial charge < -0.3 is 4.74 Å². The van der Waals surface area contributed by atoms with Crippen LogP contribution in [0.25, 0.3) is 0 Å². The largest absolute Gasteiger partial charge is 0.379 e. The molecule has 2 heterocycles. The molecule has 1 saturated heterocycles. The first-order chi connectivity index (χ1) is 9.16. The van der Waals surface area contributed by atoms with Crippen molar-refractivity contribution in [2.45, 2.75) is 23.8 Å². The van der Waals surface area contributed by atoms with Crippen molar-refractivity contribution in [1.29, 1.82) is 0 Å². The first-order valence-electron chi connectivity index (χ1n) is 6.52. The number of rotatable bonds is 4. The molecule has 1 aliphatic heterocycles. The van der Waals surface area contributed by atoms with E-state index in [0.29, 0.717) is 37.2 Å². The van der Waals surface area contributed by atoms with Gasteiger partial charge in [-0.25, -0.2) is 13.4 Å². The number of nitrogens with zero attached hydrogens (tertiary/aromatic N) is 1. The Morgan fingerprint density at radius 1 is 1.26 bits per heavy atom. The minimum absolute atomic E-state index is 0.302. The summed E-state index contributed by atoms with van der Waals surface area (Å²) in [6.45, 7) is 1.77. The van der Waals surface area contributed by atoms with Gasteiger partial charge >= 0.3 is 0 Å². The molecule has 104 valence electrons. The van der Waals surface area contributed by atoms with E-state index in [4.69, 9.17) is 4.74 Å². The van der Waals surface area contributed by atoms with Crippen LogP contribution in [-0.4, -0.2) is 45.1 Å². The average molecular weight is 284 g/mol. The van der Waals surface area contributed by atoms with Gasteiger partial charge in [-0.2, -0.15) is 4.31 Å². The number of hydrogen-bond acceptors (Lipinski definition) is 4. The number of hydrogen-bond donors (Lipinski definition) is 1. The van der Waals surface area contributed by atoms with Crippen molar-refractivity contribution in [3.8, 4) is 0 Å². The van der Waals surface area contributed by atoms with Gasteiger partial charge in [0.25, 0.3) is 5.82 Å². The maximum absolute atomic E-state index is 12.4. The second-order valence-electron chi connectivity index (χ2n) is 4.87. The minimum Gasteiger partial charge on any atom is -0.379 e. The maximum Gasteiger partial charge on any atom is 0.272 e. The van der Waals surface area contributed by atoms with Crippen molar-refractivity contribution in [2.75, 3.05) is 31.6 Å². The van der Waals surface area contributed by atoms with Crippen molar-refractivity contribution in [3.63, 3.8) is 0 Å². The standard InChI is InChI=1S/C12H17N3O3S/c16-19(17,15-5-7-18-8-6-15)11-3-4-12(13-9-11)14-10-1-2-10/h3-4,9-10H,1-2,5-8H2,(H,13,14)/p+1. The monoisotopic (exact) mass is 284 g/mol. The number of pyridine rings is 1. The first-order valence-corrected chi connectivity index (χ1v) is 7.96. The van der Waals surface area contributed by atoms with E-state index in [2.05, 4.69) is 10.3 Å². The molecule has 1 aromatic heterocycles. The van der Waals surface area contributed by atoms with Gasteiger partial charge in [0, 0.05) is 19.2 Å². The van der Waals surface area contributed by atoms with E-state index in [9.17, 15) is 8.42 Å². The molecule has 3 rings (SSSR count). The third-order valence-electron chi connectivity index (χ3n) is 3.33. The highest BCUT2D eigenvalue weighted by atomic mass is 32.2. The average Bonchev–Trinajstić information content (AvgIpc) is 3.24. The van der Waals surface area contributed by atoms with Gasteiger partial charge in [0.2, 0.25) is 10.0 Å². The zero-order valence-corrected chi connectivity index (χ0v) is 11.4. The van der Waals surface area contributed by atoms with Gasteiger partial charge in [-0.3, -0.25) is 5.32 Å². The molecule has 0 radical (unpaired) electrons. The number of aromatic amines is 1. The molecular weight excluding hydrogens is 266 g/mol. The summed E-state index contributed by atoms with van der Waals surface area (Å²) in [5.74, 6) is 0.864. The maximum atomic E-state index is 12.4. The lowest BCUT2D eigenvalue weighted by molar-refractivity contribution is -0.364.